The van der Waals surface area contributed by atoms with Crippen molar-refractivity contribution >= 4 is 5.82 Å². The summed E-state index contributed by atoms with van der Waals surface area (Å²) < 4.78 is 2.08. The van der Waals surface area contributed by atoms with E-state index >= 15 is 0 Å². The fourth-order valence-electron chi connectivity index (χ4n) is 3.60. The Balaban J connectivity index is 2.13. The number of nitrogens with zero attached hydrogens (tertiary/aromatic N) is 2. The van der Waals surface area contributed by atoms with Crippen molar-refractivity contribution in [2.75, 3.05) is 5.73 Å². The summed E-state index contributed by atoms with van der Waals surface area (Å²) in [5.41, 5.74) is 7.88. The predicted octanol–water partition coefficient (Wildman–Crippen LogP) is 4.45. The van der Waals surface area contributed by atoms with Gasteiger partial charge in [0, 0.05) is 18.9 Å². The van der Waals surface area contributed by atoms with E-state index in [1.165, 1.54) is 25.7 Å². The van der Waals surface area contributed by atoms with Crippen LogP contribution in [-0.4, -0.2) is 9.55 Å². The second-order valence-electron chi connectivity index (χ2n) is 7.87. The fourth-order valence-corrected chi connectivity index (χ4v) is 3.60. The lowest BCUT2D eigenvalue weighted by molar-refractivity contribution is 0.168. The van der Waals surface area contributed by atoms with Crippen LogP contribution in [0, 0.1) is 11.3 Å². The highest BCUT2D eigenvalue weighted by atomic mass is 15.1. The molecule has 0 amide bonds. The Labute approximate surface area is 124 Å². The highest BCUT2D eigenvalue weighted by molar-refractivity contribution is 5.41. The summed E-state index contributed by atoms with van der Waals surface area (Å²) in [5, 5.41) is 0. The van der Waals surface area contributed by atoms with E-state index in [0.717, 1.165) is 23.3 Å². The van der Waals surface area contributed by atoms with Crippen molar-refractivity contribution in [2.24, 2.45) is 18.4 Å². The highest BCUT2D eigenvalue weighted by Crippen LogP contribution is 2.44. The van der Waals surface area contributed by atoms with E-state index in [1.54, 1.807) is 0 Å². The maximum atomic E-state index is 6.29. The molecule has 1 fully saturated rings. The summed E-state index contributed by atoms with van der Waals surface area (Å²) in [7, 11) is 2.04. The van der Waals surface area contributed by atoms with Crippen molar-refractivity contribution in [3.8, 4) is 0 Å². The van der Waals surface area contributed by atoms with E-state index in [2.05, 4.69) is 39.2 Å². The van der Waals surface area contributed by atoms with Crippen LogP contribution in [0.5, 0.6) is 0 Å². The summed E-state index contributed by atoms with van der Waals surface area (Å²) in [6.45, 7) is 11.5. The zero-order chi connectivity index (χ0) is 15.1. The van der Waals surface area contributed by atoms with Crippen LogP contribution >= 0.6 is 0 Å². The van der Waals surface area contributed by atoms with Crippen LogP contribution in [-0.2, 0) is 7.05 Å². The quantitative estimate of drug-likeness (QED) is 0.868. The van der Waals surface area contributed by atoms with Crippen LogP contribution in [0.3, 0.4) is 0 Å². The lowest BCUT2D eigenvalue weighted by Crippen LogP contribution is -2.25. The van der Waals surface area contributed by atoms with Crippen LogP contribution in [0.2, 0.25) is 0 Å². The first-order valence-corrected chi connectivity index (χ1v) is 8.03. The van der Waals surface area contributed by atoms with Gasteiger partial charge in [0.1, 0.15) is 11.6 Å². The number of imidazole rings is 1. The zero-order valence-electron chi connectivity index (χ0n) is 14.0. The van der Waals surface area contributed by atoms with E-state index in [0.29, 0.717) is 17.3 Å². The molecule has 0 aromatic carbocycles. The first kappa shape index (κ1) is 15.4. The Kier molecular flexibility index (Phi) is 4.17. The number of hydrogen-bond donors (Lipinski definition) is 1. The van der Waals surface area contributed by atoms with Crippen LogP contribution in [0.1, 0.15) is 83.7 Å². The van der Waals surface area contributed by atoms with E-state index in [-0.39, 0.29) is 0 Å². The van der Waals surface area contributed by atoms with Crippen molar-refractivity contribution in [3.05, 3.63) is 11.5 Å². The van der Waals surface area contributed by atoms with Crippen LogP contribution < -0.4 is 5.73 Å². The Hall–Kier alpha value is -0.990. The number of nitrogens with two attached hydrogens (primary N) is 1. The van der Waals surface area contributed by atoms with Gasteiger partial charge >= 0.3 is 0 Å². The minimum atomic E-state index is 0.432. The molecule has 114 valence electrons. The third-order valence-electron chi connectivity index (χ3n) is 5.06. The molecule has 0 radical (unpaired) electrons. The first-order chi connectivity index (χ1) is 9.21. The molecule has 0 saturated heterocycles. The molecule has 0 bridgehead atoms. The molecule has 2 rings (SSSR count). The van der Waals surface area contributed by atoms with Crippen molar-refractivity contribution in [1.82, 2.24) is 9.55 Å². The second kappa shape index (κ2) is 5.42. The Morgan fingerprint density at radius 3 is 2.10 bits per heavy atom. The first-order valence-electron chi connectivity index (χ1n) is 8.03. The summed E-state index contributed by atoms with van der Waals surface area (Å²) in [6, 6.07) is 0. The average molecular weight is 277 g/mol. The Bertz CT molecular complexity index is 457. The molecule has 3 nitrogen and oxygen atoms in total. The van der Waals surface area contributed by atoms with E-state index in [1.807, 2.05) is 7.05 Å². The van der Waals surface area contributed by atoms with Crippen LogP contribution in [0.25, 0.3) is 0 Å². The molecule has 3 heteroatoms. The number of aromatic nitrogens is 2. The van der Waals surface area contributed by atoms with E-state index in [4.69, 9.17) is 10.7 Å². The molecule has 1 heterocycles. The molecule has 0 aliphatic heterocycles. The smallest absolute Gasteiger partial charge is 0.126 e. The summed E-state index contributed by atoms with van der Waals surface area (Å²) in [6.07, 6.45) is 5.09. The van der Waals surface area contributed by atoms with Gasteiger partial charge in [0.2, 0.25) is 0 Å². The molecule has 1 saturated carbocycles. The third kappa shape index (κ3) is 2.87. The molecule has 0 atom stereocenters. The van der Waals surface area contributed by atoms with E-state index < -0.39 is 0 Å². The molecule has 20 heavy (non-hydrogen) atoms. The van der Waals surface area contributed by atoms with Gasteiger partial charge < -0.3 is 10.3 Å². The molecule has 2 N–H and O–H groups in total. The normalized spacial score (nSPS) is 24.4. The standard InChI is InChI=1S/C17H31N3/c1-11(2)16-19-14(15(18)20(16)6)12-7-9-13(10-8-12)17(3,4)5/h11-13H,7-10,18H2,1-6H3. The van der Waals surface area contributed by atoms with Gasteiger partial charge in [-0.3, -0.25) is 0 Å². The number of anilines is 1. The van der Waals surface area contributed by atoms with Gasteiger partial charge in [-0.1, -0.05) is 34.6 Å². The van der Waals surface area contributed by atoms with Gasteiger partial charge in [0.05, 0.1) is 5.69 Å². The minimum absolute atomic E-state index is 0.432. The maximum Gasteiger partial charge on any atom is 0.126 e. The lowest BCUT2D eigenvalue weighted by Gasteiger charge is -2.36. The largest absolute Gasteiger partial charge is 0.384 e. The van der Waals surface area contributed by atoms with Crippen LogP contribution in [0.4, 0.5) is 5.82 Å². The molecule has 1 aromatic heterocycles. The van der Waals surface area contributed by atoms with Gasteiger partial charge in [-0.15, -0.1) is 0 Å². The van der Waals surface area contributed by atoms with Gasteiger partial charge in [-0.2, -0.15) is 0 Å². The maximum absolute atomic E-state index is 6.29. The zero-order valence-corrected chi connectivity index (χ0v) is 14.0. The summed E-state index contributed by atoms with van der Waals surface area (Å²) >= 11 is 0. The highest BCUT2D eigenvalue weighted by Gasteiger charge is 2.32. The van der Waals surface area contributed by atoms with Gasteiger partial charge in [0.15, 0.2) is 0 Å². The second-order valence-corrected chi connectivity index (χ2v) is 7.87. The van der Waals surface area contributed by atoms with Crippen molar-refractivity contribution in [1.29, 1.82) is 0 Å². The number of nitrogen functional groups attached to an aromatic ring is 1. The minimum Gasteiger partial charge on any atom is -0.384 e. The monoisotopic (exact) mass is 277 g/mol. The summed E-state index contributed by atoms with van der Waals surface area (Å²) in [5.74, 6) is 3.84. The lowest BCUT2D eigenvalue weighted by atomic mass is 9.69. The molecule has 0 spiro atoms. The molecule has 1 aliphatic carbocycles. The fraction of sp³-hybridized carbons (Fsp3) is 0.824. The third-order valence-corrected chi connectivity index (χ3v) is 5.06. The van der Waals surface area contributed by atoms with E-state index in [9.17, 15) is 0 Å². The van der Waals surface area contributed by atoms with Crippen molar-refractivity contribution in [2.45, 2.75) is 72.1 Å². The van der Waals surface area contributed by atoms with Crippen molar-refractivity contribution < 1.29 is 0 Å². The molecular formula is C17H31N3. The molecule has 0 unspecified atom stereocenters. The van der Waals surface area contributed by atoms with Crippen LogP contribution in [0.15, 0.2) is 0 Å². The molecule has 1 aromatic rings. The topological polar surface area (TPSA) is 43.8 Å². The Morgan fingerprint density at radius 1 is 1.15 bits per heavy atom. The van der Waals surface area contributed by atoms with Gasteiger partial charge in [-0.25, -0.2) is 4.98 Å². The number of rotatable bonds is 2. The average Bonchev–Trinajstić information content (AvgIpc) is 2.66. The SMILES string of the molecule is CC(C)c1nc(C2CCC(C(C)(C)C)CC2)c(N)n1C. The number of hydrogen-bond acceptors (Lipinski definition) is 2. The van der Waals surface area contributed by atoms with Gasteiger partial charge in [0.25, 0.3) is 0 Å². The molecule has 1 aliphatic rings. The molecular weight excluding hydrogens is 246 g/mol. The summed E-state index contributed by atoms with van der Waals surface area (Å²) in [4.78, 5) is 4.86. The van der Waals surface area contributed by atoms with Crippen molar-refractivity contribution in [3.63, 3.8) is 0 Å². The predicted molar refractivity (Wildman–Crippen MR) is 85.9 cm³/mol. The Morgan fingerprint density at radius 2 is 1.70 bits per heavy atom. The van der Waals surface area contributed by atoms with Gasteiger partial charge in [-0.05, 0) is 37.0 Å².